The summed E-state index contributed by atoms with van der Waals surface area (Å²) in [7, 11) is 3.09. The van der Waals surface area contributed by atoms with E-state index >= 15 is 0 Å². The zero-order valence-electron chi connectivity index (χ0n) is 17.4. The number of methoxy groups -OCH3 is 1. The maximum absolute atomic E-state index is 13.0. The van der Waals surface area contributed by atoms with Gasteiger partial charge >= 0.3 is 5.97 Å². The number of esters is 1. The summed E-state index contributed by atoms with van der Waals surface area (Å²) in [5.41, 5.74) is 2.26. The summed E-state index contributed by atoms with van der Waals surface area (Å²) in [4.78, 5) is 41.5. The molecule has 9 heteroatoms. The molecule has 3 aromatic rings. The SMILES string of the molecule is COC(=O)c1ccc([C@@H]2CC(=O)Nc3c2c(=O)nc(SCc2ccc(Cl)cc2)n3C)cc1. The second-order valence-electron chi connectivity index (χ2n) is 7.35. The number of halogens is 1. The zero-order valence-corrected chi connectivity index (χ0v) is 19.0. The molecular formula is C23H20ClN3O4S. The lowest BCUT2D eigenvalue weighted by atomic mass is 9.86. The third-order valence-corrected chi connectivity index (χ3v) is 6.67. The smallest absolute Gasteiger partial charge is 0.337 e. The van der Waals surface area contributed by atoms with Gasteiger partial charge in [0.1, 0.15) is 5.82 Å². The Morgan fingerprint density at radius 2 is 1.88 bits per heavy atom. The number of benzene rings is 2. The molecule has 0 aliphatic carbocycles. The van der Waals surface area contributed by atoms with Gasteiger partial charge in [-0.15, -0.1) is 0 Å². The zero-order chi connectivity index (χ0) is 22.8. The number of nitrogens with one attached hydrogen (secondary N) is 1. The number of amides is 1. The maximum Gasteiger partial charge on any atom is 0.337 e. The van der Waals surface area contributed by atoms with E-state index in [9.17, 15) is 14.4 Å². The summed E-state index contributed by atoms with van der Waals surface area (Å²) in [5.74, 6) is -0.0377. The average molecular weight is 470 g/mol. The molecule has 4 rings (SSSR count). The van der Waals surface area contributed by atoms with Crippen molar-refractivity contribution in [3.05, 3.63) is 86.2 Å². The molecule has 32 heavy (non-hydrogen) atoms. The van der Waals surface area contributed by atoms with Crippen molar-refractivity contribution in [1.82, 2.24) is 9.55 Å². The molecule has 0 saturated heterocycles. The normalized spacial score (nSPS) is 15.1. The number of hydrogen-bond acceptors (Lipinski definition) is 6. The number of fused-ring (bicyclic) bond motifs is 1. The van der Waals surface area contributed by atoms with Crippen molar-refractivity contribution >= 4 is 41.1 Å². The molecule has 1 amide bonds. The first-order chi connectivity index (χ1) is 15.4. The van der Waals surface area contributed by atoms with Gasteiger partial charge in [-0.3, -0.25) is 9.59 Å². The number of nitrogens with zero attached hydrogens (tertiary/aromatic N) is 2. The van der Waals surface area contributed by atoms with Gasteiger partial charge in [0.2, 0.25) is 5.91 Å². The van der Waals surface area contributed by atoms with E-state index < -0.39 is 11.9 Å². The predicted molar refractivity (Wildman–Crippen MR) is 123 cm³/mol. The van der Waals surface area contributed by atoms with Gasteiger partial charge in [-0.25, -0.2) is 4.79 Å². The molecule has 0 bridgehead atoms. The number of rotatable bonds is 5. The molecule has 2 heterocycles. The quantitative estimate of drug-likeness (QED) is 0.345. The minimum absolute atomic E-state index is 0.124. The highest BCUT2D eigenvalue weighted by atomic mass is 35.5. The summed E-state index contributed by atoms with van der Waals surface area (Å²) in [6.07, 6.45) is 0.124. The van der Waals surface area contributed by atoms with Crippen LogP contribution in [0.15, 0.2) is 58.5 Å². The average Bonchev–Trinajstić information content (AvgIpc) is 2.80. The Kier molecular flexibility index (Phi) is 6.34. The summed E-state index contributed by atoms with van der Waals surface area (Å²) in [5, 5.41) is 4.00. The molecule has 0 radical (unpaired) electrons. The molecule has 1 aliphatic heterocycles. The van der Waals surface area contributed by atoms with Crippen LogP contribution in [0.1, 0.15) is 39.4 Å². The van der Waals surface area contributed by atoms with Gasteiger partial charge < -0.3 is 14.6 Å². The first-order valence-electron chi connectivity index (χ1n) is 9.83. The van der Waals surface area contributed by atoms with E-state index in [2.05, 4.69) is 10.3 Å². The fraction of sp³-hybridized carbons (Fsp3) is 0.217. The fourth-order valence-corrected chi connectivity index (χ4v) is 4.69. The van der Waals surface area contributed by atoms with E-state index in [-0.39, 0.29) is 17.9 Å². The second kappa shape index (κ2) is 9.18. The van der Waals surface area contributed by atoms with Crippen LogP contribution in [-0.4, -0.2) is 28.5 Å². The van der Waals surface area contributed by atoms with Crippen molar-refractivity contribution in [3.8, 4) is 0 Å². The number of thioether (sulfide) groups is 1. The van der Waals surface area contributed by atoms with E-state index in [0.29, 0.717) is 32.9 Å². The number of carbonyl (C=O) groups is 2. The number of aromatic nitrogens is 2. The molecule has 1 N–H and O–H groups in total. The lowest BCUT2D eigenvalue weighted by molar-refractivity contribution is -0.116. The maximum atomic E-state index is 13.0. The van der Waals surface area contributed by atoms with Gasteiger partial charge in [0.15, 0.2) is 5.16 Å². The van der Waals surface area contributed by atoms with Gasteiger partial charge in [-0.05, 0) is 35.4 Å². The van der Waals surface area contributed by atoms with Crippen LogP contribution >= 0.6 is 23.4 Å². The van der Waals surface area contributed by atoms with Gasteiger partial charge in [-0.2, -0.15) is 4.98 Å². The molecular weight excluding hydrogens is 450 g/mol. The largest absolute Gasteiger partial charge is 0.465 e. The number of anilines is 1. The van der Waals surface area contributed by atoms with E-state index in [0.717, 1.165) is 11.1 Å². The van der Waals surface area contributed by atoms with Crippen molar-refractivity contribution in [2.75, 3.05) is 12.4 Å². The predicted octanol–water partition coefficient (Wildman–Crippen LogP) is 3.99. The van der Waals surface area contributed by atoms with Crippen LogP contribution in [0.4, 0.5) is 5.82 Å². The highest BCUT2D eigenvalue weighted by molar-refractivity contribution is 7.98. The fourth-order valence-electron chi connectivity index (χ4n) is 3.65. The Morgan fingerprint density at radius 3 is 2.53 bits per heavy atom. The van der Waals surface area contributed by atoms with Crippen molar-refractivity contribution in [2.45, 2.75) is 23.2 Å². The Balaban J connectivity index is 1.67. The highest BCUT2D eigenvalue weighted by Gasteiger charge is 2.32. The third kappa shape index (κ3) is 4.42. The van der Waals surface area contributed by atoms with Crippen LogP contribution < -0.4 is 10.9 Å². The van der Waals surface area contributed by atoms with Gasteiger partial charge in [0.25, 0.3) is 5.56 Å². The second-order valence-corrected chi connectivity index (χ2v) is 8.73. The molecule has 164 valence electrons. The van der Waals surface area contributed by atoms with Gasteiger partial charge in [0, 0.05) is 30.2 Å². The van der Waals surface area contributed by atoms with Crippen molar-refractivity contribution in [2.24, 2.45) is 7.05 Å². The van der Waals surface area contributed by atoms with Crippen LogP contribution in [-0.2, 0) is 22.3 Å². The number of hydrogen-bond donors (Lipinski definition) is 1. The lowest BCUT2D eigenvalue weighted by Crippen LogP contribution is -2.33. The van der Waals surface area contributed by atoms with E-state index in [1.54, 1.807) is 35.9 Å². The Hall–Kier alpha value is -3.10. The molecule has 1 atom stereocenters. The molecule has 0 unspecified atom stereocenters. The van der Waals surface area contributed by atoms with Crippen LogP contribution in [0, 0.1) is 0 Å². The van der Waals surface area contributed by atoms with Crippen molar-refractivity contribution < 1.29 is 14.3 Å². The summed E-state index contributed by atoms with van der Waals surface area (Å²) >= 11 is 7.34. The summed E-state index contributed by atoms with van der Waals surface area (Å²) in [6, 6.07) is 14.2. The Bertz CT molecular complexity index is 1240. The first-order valence-corrected chi connectivity index (χ1v) is 11.2. The van der Waals surface area contributed by atoms with Gasteiger partial charge in [-0.1, -0.05) is 47.6 Å². The van der Waals surface area contributed by atoms with Crippen LogP contribution in [0.25, 0.3) is 0 Å². The van der Waals surface area contributed by atoms with Crippen molar-refractivity contribution in [1.29, 1.82) is 0 Å². The summed E-state index contributed by atoms with van der Waals surface area (Å²) in [6.45, 7) is 0. The van der Waals surface area contributed by atoms with Gasteiger partial charge in [0.05, 0.1) is 18.2 Å². The molecule has 0 spiro atoms. The molecule has 0 saturated carbocycles. The Labute approximate surface area is 193 Å². The molecule has 0 fully saturated rings. The van der Waals surface area contributed by atoms with Crippen LogP contribution in [0.5, 0.6) is 0 Å². The van der Waals surface area contributed by atoms with E-state index in [4.69, 9.17) is 16.3 Å². The molecule has 2 aromatic carbocycles. The third-order valence-electron chi connectivity index (χ3n) is 5.32. The standard InChI is InChI=1S/C23H20ClN3O4S/c1-27-20-19(21(29)26-23(27)32-12-13-3-9-16(24)10-4-13)17(11-18(28)25-20)14-5-7-15(8-6-14)22(30)31-2/h3-10,17H,11-12H2,1-2H3,(H,25,28)/t17-/m0/s1. The highest BCUT2D eigenvalue weighted by Crippen LogP contribution is 2.36. The monoisotopic (exact) mass is 469 g/mol. The molecule has 1 aromatic heterocycles. The van der Waals surface area contributed by atoms with E-state index in [1.165, 1.54) is 18.9 Å². The lowest BCUT2D eigenvalue weighted by Gasteiger charge is -2.27. The Morgan fingerprint density at radius 1 is 1.19 bits per heavy atom. The minimum Gasteiger partial charge on any atom is -0.465 e. The van der Waals surface area contributed by atoms with Crippen LogP contribution in [0.3, 0.4) is 0 Å². The molecule has 1 aliphatic rings. The minimum atomic E-state index is -0.452. The van der Waals surface area contributed by atoms with E-state index in [1.807, 2.05) is 24.3 Å². The number of ether oxygens (including phenoxy) is 1. The van der Waals surface area contributed by atoms with Crippen molar-refractivity contribution in [3.63, 3.8) is 0 Å². The topological polar surface area (TPSA) is 90.3 Å². The summed E-state index contributed by atoms with van der Waals surface area (Å²) < 4.78 is 6.47. The molecule has 7 nitrogen and oxygen atoms in total. The van der Waals surface area contributed by atoms with Crippen LogP contribution in [0.2, 0.25) is 5.02 Å². The number of carbonyl (C=O) groups excluding carboxylic acids is 2. The first kappa shape index (κ1) is 22.1.